The predicted octanol–water partition coefficient (Wildman–Crippen LogP) is 2.76. The molecule has 1 aliphatic heterocycles. The van der Waals surface area contributed by atoms with Gasteiger partial charge in [-0.15, -0.1) is 0 Å². The Morgan fingerprint density at radius 3 is 2.77 bits per heavy atom. The molecule has 5 heteroatoms. The Hall–Kier alpha value is -2.14. The van der Waals surface area contributed by atoms with Crippen molar-refractivity contribution in [2.24, 2.45) is 5.92 Å². The fourth-order valence-corrected chi connectivity index (χ4v) is 3.43. The van der Waals surface area contributed by atoms with Gasteiger partial charge in [-0.05, 0) is 40.9 Å². The van der Waals surface area contributed by atoms with Gasteiger partial charge in [-0.1, -0.05) is 18.2 Å². The Kier molecular flexibility index (Phi) is 4.24. The first-order valence-electron chi connectivity index (χ1n) is 7.29. The Bertz CT molecular complexity index is 655. The van der Waals surface area contributed by atoms with Gasteiger partial charge in [-0.3, -0.25) is 9.59 Å². The minimum Gasteiger partial charge on any atom is -0.341 e. The van der Waals surface area contributed by atoms with Crippen molar-refractivity contribution in [2.45, 2.75) is 13.0 Å². The zero-order chi connectivity index (χ0) is 15.5. The van der Waals surface area contributed by atoms with Gasteiger partial charge in [0.2, 0.25) is 11.8 Å². The Morgan fingerprint density at radius 2 is 2.09 bits per heavy atom. The Labute approximate surface area is 134 Å². The second-order valence-electron chi connectivity index (χ2n) is 5.49. The molecule has 4 nitrogen and oxygen atoms in total. The van der Waals surface area contributed by atoms with Crippen LogP contribution in [0.15, 0.2) is 47.2 Å². The molecule has 1 aliphatic rings. The highest BCUT2D eigenvalue weighted by Gasteiger charge is 2.38. The standard InChI is InChI=1S/C17H18N2O2S/c1-18(11-13-8-10-22-12-13)16(20)15-7-9-19(17(15)21)14-5-3-2-4-6-14/h2-6,8,10,12,15H,7,9,11H2,1H3. The van der Waals surface area contributed by atoms with Crippen molar-refractivity contribution in [2.75, 3.05) is 18.5 Å². The van der Waals surface area contributed by atoms with Gasteiger partial charge in [-0.25, -0.2) is 0 Å². The summed E-state index contributed by atoms with van der Waals surface area (Å²) < 4.78 is 0. The lowest BCUT2D eigenvalue weighted by molar-refractivity contribution is -0.139. The van der Waals surface area contributed by atoms with Crippen molar-refractivity contribution in [1.29, 1.82) is 0 Å². The van der Waals surface area contributed by atoms with Crippen molar-refractivity contribution in [3.63, 3.8) is 0 Å². The van der Waals surface area contributed by atoms with Crippen molar-refractivity contribution >= 4 is 28.8 Å². The van der Waals surface area contributed by atoms with Crippen LogP contribution in [0.5, 0.6) is 0 Å². The summed E-state index contributed by atoms with van der Waals surface area (Å²) in [5.41, 5.74) is 1.97. The minimum atomic E-state index is -0.552. The van der Waals surface area contributed by atoms with Gasteiger partial charge >= 0.3 is 0 Å². The molecule has 1 aromatic carbocycles. The summed E-state index contributed by atoms with van der Waals surface area (Å²) in [5.74, 6) is -0.730. The number of nitrogens with zero attached hydrogens (tertiary/aromatic N) is 2. The highest BCUT2D eigenvalue weighted by atomic mass is 32.1. The molecule has 1 saturated heterocycles. The van der Waals surface area contributed by atoms with E-state index in [1.54, 1.807) is 28.2 Å². The summed E-state index contributed by atoms with van der Waals surface area (Å²) in [5, 5.41) is 4.02. The Balaban J connectivity index is 1.68. The number of anilines is 1. The van der Waals surface area contributed by atoms with E-state index in [0.717, 1.165) is 11.3 Å². The van der Waals surface area contributed by atoms with E-state index < -0.39 is 5.92 Å². The number of amides is 2. The summed E-state index contributed by atoms with van der Waals surface area (Å²) in [6.45, 7) is 1.16. The van der Waals surface area contributed by atoms with Crippen molar-refractivity contribution in [3.05, 3.63) is 52.7 Å². The summed E-state index contributed by atoms with van der Waals surface area (Å²) in [4.78, 5) is 28.4. The Morgan fingerprint density at radius 1 is 1.32 bits per heavy atom. The average molecular weight is 314 g/mol. The summed E-state index contributed by atoms with van der Waals surface area (Å²) in [6.07, 6.45) is 0.584. The third-order valence-corrected chi connectivity index (χ3v) is 4.68. The molecule has 114 valence electrons. The number of carbonyl (C=O) groups is 2. The van der Waals surface area contributed by atoms with Crippen molar-refractivity contribution in [1.82, 2.24) is 4.90 Å². The molecular formula is C17H18N2O2S. The molecule has 2 amide bonds. The summed E-state index contributed by atoms with van der Waals surface area (Å²) in [7, 11) is 1.76. The molecule has 0 saturated carbocycles. The fourth-order valence-electron chi connectivity index (χ4n) is 2.77. The lowest BCUT2D eigenvalue weighted by atomic mass is 10.1. The number of hydrogen-bond donors (Lipinski definition) is 0. The maximum atomic E-state index is 12.5. The third kappa shape index (κ3) is 2.90. The number of thiophene rings is 1. The van der Waals surface area contributed by atoms with Crippen LogP contribution in [0.3, 0.4) is 0 Å². The van der Waals surface area contributed by atoms with E-state index in [1.165, 1.54) is 0 Å². The average Bonchev–Trinajstić information content (AvgIpc) is 3.17. The molecule has 22 heavy (non-hydrogen) atoms. The van der Waals surface area contributed by atoms with E-state index in [-0.39, 0.29) is 11.8 Å². The first kappa shape index (κ1) is 14.8. The van der Waals surface area contributed by atoms with Crippen LogP contribution in [-0.4, -0.2) is 30.3 Å². The van der Waals surface area contributed by atoms with Crippen LogP contribution in [-0.2, 0) is 16.1 Å². The minimum absolute atomic E-state index is 0.0883. The number of benzene rings is 1. The first-order chi connectivity index (χ1) is 10.7. The molecular weight excluding hydrogens is 296 g/mol. The van der Waals surface area contributed by atoms with Crippen LogP contribution in [0.4, 0.5) is 5.69 Å². The first-order valence-corrected chi connectivity index (χ1v) is 8.23. The molecule has 0 N–H and O–H groups in total. The topological polar surface area (TPSA) is 40.6 Å². The number of hydrogen-bond acceptors (Lipinski definition) is 3. The number of para-hydroxylation sites is 1. The number of carbonyl (C=O) groups excluding carboxylic acids is 2. The second-order valence-corrected chi connectivity index (χ2v) is 6.27. The molecule has 1 atom stereocenters. The predicted molar refractivity (Wildman–Crippen MR) is 87.7 cm³/mol. The van der Waals surface area contributed by atoms with Crippen LogP contribution >= 0.6 is 11.3 Å². The quantitative estimate of drug-likeness (QED) is 0.814. The van der Waals surface area contributed by atoms with Gasteiger partial charge in [-0.2, -0.15) is 11.3 Å². The molecule has 1 aromatic heterocycles. The summed E-state index contributed by atoms with van der Waals surface area (Å²) >= 11 is 1.61. The zero-order valence-electron chi connectivity index (χ0n) is 12.4. The van der Waals surface area contributed by atoms with E-state index in [1.807, 2.05) is 47.2 Å². The molecule has 1 fully saturated rings. The maximum Gasteiger partial charge on any atom is 0.239 e. The molecule has 2 aromatic rings. The van der Waals surface area contributed by atoms with E-state index in [9.17, 15) is 9.59 Å². The van der Waals surface area contributed by atoms with Crippen LogP contribution in [0.2, 0.25) is 0 Å². The monoisotopic (exact) mass is 314 g/mol. The lowest BCUT2D eigenvalue weighted by Gasteiger charge is -2.21. The fraction of sp³-hybridized carbons (Fsp3) is 0.294. The van der Waals surface area contributed by atoms with Gasteiger partial charge in [0, 0.05) is 25.8 Å². The molecule has 0 spiro atoms. The van der Waals surface area contributed by atoms with E-state index in [4.69, 9.17) is 0 Å². The van der Waals surface area contributed by atoms with Gasteiger partial charge in [0.1, 0.15) is 5.92 Å². The van der Waals surface area contributed by atoms with Crippen LogP contribution in [0, 0.1) is 5.92 Å². The highest BCUT2D eigenvalue weighted by Crippen LogP contribution is 2.26. The SMILES string of the molecule is CN(Cc1ccsc1)C(=O)C1CCN(c2ccccc2)C1=O. The number of rotatable bonds is 4. The highest BCUT2D eigenvalue weighted by molar-refractivity contribution is 7.07. The third-order valence-electron chi connectivity index (χ3n) is 3.95. The van der Waals surface area contributed by atoms with Crippen LogP contribution in [0.25, 0.3) is 0 Å². The zero-order valence-corrected chi connectivity index (χ0v) is 13.3. The largest absolute Gasteiger partial charge is 0.341 e. The van der Waals surface area contributed by atoms with Crippen molar-refractivity contribution < 1.29 is 9.59 Å². The maximum absolute atomic E-state index is 12.5. The molecule has 0 bridgehead atoms. The van der Waals surface area contributed by atoms with Gasteiger partial charge in [0.05, 0.1) is 0 Å². The van der Waals surface area contributed by atoms with Crippen LogP contribution < -0.4 is 4.90 Å². The normalized spacial score (nSPS) is 17.8. The van der Waals surface area contributed by atoms with Crippen molar-refractivity contribution in [3.8, 4) is 0 Å². The smallest absolute Gasteiger partial charge is 0.239 e. The van der Waals surface area contributed by atoms with E-state index >= 15 is 0 Å². The van der Waals surface area contributed by atoms with E-state index in [0.29, 0.717) is 19.5 Å². The summed E-state index contributed by atoms with van der Waals surface area (Å²) in [6, 6.07) is 11.5. The molecule has 0 radical (unpaired) electrons. The van der Waals surface area contributed by atoms with Crippen LogP contribution in [0.1, 0.15) is 12.0 Å². The molecule has 3 rings (SSSR count). The molecule has 1 unspecified atom stereocenters. The second kappa shape index (κ2) is 6.32. The van der Waals surface area contributed by atoms with Gasteiger partial charge in [0.15, 0.2) is 0 Å². The van der Waals surface area contributed by atoms with E-state index in [2.05, 4.69) is 0 Å². The van der Waals surface area contributed by atoms with Gasteiger partial charge in [0.25, 0.3) is 0 Å². The molecule has 2 heterocycles. The van der Waals surface area contributed by atoms with Gasteiger partial charge < -0.3 is 9.80 Å². The molecule has 0 aliphatic carbocycles. The lowest BCUT2D eigenvalue weighted by Crippen LogP contribution is -2.37.